The van der Waals surface area contributed by atoms with Crippen LogP contribution in [0.25, 0.3) is 0 Å². The van der Waals surface area contributed by atoms with Crippen LogP contribution in [0.4, 0.5) is 0 Å². The van der Waals surface area contributed by atoms with Crippen LogP contribution in [-0.2, 0) is 9.84 Å². The summed E-state index contributed by atoms with van der Waals surface area (Å²) in [6.45, 7) is 3.05. The average molecular weight is 299 g/mol. The van der Waals surface area contributed by atoms with E-state index in [0.717, 1.165) is 44.5 Å². The van der Waals surface area contributed by atoms with Crippen LogP contribution in [-0.4, -0.2) is 36.4 Å². The van der Waals surface area contributed by atoms with E-state index in [1.165, 1.54) is 6.26 Å². The molecular weight excluding hydrogens is 274 g/mol. The maximum absolute atomic E-state index is 11.8. The van der Waals surface area contributed by atoms with Crippen molar-refractivity contribution in [2.45, 2.75) is 50.3 Å². The molecule has 1 fully saturated rings. The zero-order chi connectivity index (χ0) is 14.6. The monoisotopic (exact) mass is 299 g/mol. The number of sulfone groups is 1. The van der Waals surface area contributed by atoms with Crippen LogP contribution in [0.2, 0.25) is 0 Å². The van der Waals surface area contributed by atoms with Gasteiger partial charge >= 0.3 is 0 Å². The molecule has 0 saturated heterocycles. The lowest BCUT2D eigenvalue weighted by molar-refractivity contribution is 0.266. The van der Waals surface area contributed by atoms with E-state index in [2.05, 4.69) is 22.2 Å². The maximum atomic E-state index is 11.8. The minimum absolute atomic E-state index is 0.134. The van der Waals surface area contributed by atoms with Crippen molar-refractivity contribution in [3.8, 4) is 0 Å². The summed E-state index contributed by atoms with van der Waals surface area (Å²) in [6, 6.07) is 0.134. The Bertz CT molecular complexity index is 498. The number of hydrogen-bond donors (Lipinski definition) is 2. The molecule has 0 aromatic carbocycles. The number of H-pyrrole nitrogens is 1. The van der Waals surface area contributed by atoms with Gasteiger partial charge in [-0.15, -0.1) is 0 Å². The van der Waals surface area contributed by atoms with Gasteiger partial charge in [-0.05, 0) is 38.1 Å². The van der Waals surface area contributed by atoms with E-state index in [1.807, 2.05) is 6.20 Å². The molecule has 0 bridgehead atoms. The van der Waals surface area contributed by atoms with Crippen LogP contribution in [0.1, 0.15) is 50.9 Å². The zero-order valence-corrected chi connectivity index (χ0v) is 13.1. The SMILES string of the molecule is CCCNC(c1ncc[nH]1)C1CCCC(S(C)(=O)=O)C1. The quantitative estimate of drug-likeness (QED) is 0.843. The molecule has 1 heterocycles. The van der Waals surface area contributed by atoms with Gasteiger partial charge in [-0.3, -0.25) is 0 Å². The molecule has 0 radical (unpaired) electrons. The number of imidazole rings is 1. The smallest absolute Gasteiger partial charge is 0.150 e. The summed E-state index contributed by atoms with van der Waals surface area (Å²) in [5, 5.41) is 3.33. The average Bonchev–Trinajstić information content (AvgIpc) is 2.92. The van der Waals surface area contributed by atoms with Gasteiger partial charge in [-0.1, -0.05) is 13.3 Å². The van der Waals surface area contributed by atoms with Crippen molar-refractivity contribution < 1.29 is 8.42 Å². The highest BCUT2D eigenvalue weighted by Crippen LogP contribution is 2.35. The largest absolute Gasteiger partial charge is 0.347 e. The summed E-state index contributed by atoms with van der Waals surface area (Å²) in [5.41, 5.74) is 0. The van der Waals surface area contributed by atoms with Gasteiger partial charge in [0, 0.05) is 18.6 Å². The highest BCUT2D eigenvalue weighted by atomic mass is 32.2. The molecule has 20 heavy (non-hydrogen) atoms. The highest BCUT2D eigenvalue weighted by Gasteiger charge is 2.34. The summed E-state index contributed by atoms with van der Waals surface area (Å²) >= 11 is 0. The molecule has 0 spiro atoms. The third kappa shape index (κ3) is 3.82. The molecule has 1 saturated carbocycles. The zero-order valence-electron chi connectivity index (χ0n) is 12.3. The first-order valence-electron chi connectivity index (χ1n) is 7.44. The van der Waals surface area contributed by atoms with E-state index in [4.69, 9.17) is 0 Å². The van der Waals surface area contributed by atoms with Gasteiger partial charge in [0.05, 0.1) is 11.3 Å². The molecule has 114 valence electrons. The maximum Gasteiger partial charge on any atom is 0.150 e. The molecule has 3 unspecified atom stereocenters. The van der Waals surface area contributed by atoms with Gasteiger partial charge in [-0.25, -0.2) is 13.4 Å². The van der Waals surface area contributed by atoms with E-state index in [-0.39, 0.29) is 11.3 Å². The topological polar surface area (TPSA) is 74.8 Å². The van der Waals surface area contributed by atoms with Crippen LogP contribution in [0.5, 0.6) is 0 Å². The summed E-state index contributed by atoms with van der Waals surface area (Å²) in [6.07, 6.45) is 9.58. The van der Waals surface area contributed by atoms with Crippen molar-refractivity contribution in [2.24, 2.45) is 5.92 Å². The van der Waals surface area contributed by atoms with Crippen molar-refractivity contribution >= 4 is 9.84 Å². The Kier molecular flexibility index (Phi) is 5.21. The van der Waals surface area contributed by atoms with E-state index >= 15 is 0 Å². The highest BCUT2D eigenvalue weighted by molar-refractivity contribution is 7.91. The molecule has 2 rings (SSSR count). The lowest BCUT2D eigenvalue weighted by Gasteiger charge is -2.33. The molecule has 1 aromatic heterocycles. The summed E-state index contributed by atoms with van der Waals surface area (Å²) < 4.78 is 23.6. The normalized spacial score (nSPS) is 25.5. The van der Waals surface area contributed by atoms with Crippen LogP contribution in [0.15, 0.2) is 12.4 Å². The second-order valence-electron chi connectivity index (χ2n) is 5.78. The van der Waals surface area contributed by atoms with Gasteiger partial charge in [0.15, 0.2) is 0 Å². The van der Waals surface area contributed by atoms with Gasteiger partial charge < -0.3 is 10.3 Å². The molecule has 1 aliphatic carbocycles. The first kappa shape index (κ1) is 15.5. The second kappa shape index (κ2) is 6.72. The van der Waals surface area contributed by atoms with Crippen molar-refractivity contribution in [2.75, 3.05) is 12.8 Å². The van der Waals surface area contributed by atoms with E-state index in [1.54, 1.807) is 6.20 Å². The summed E-state index contributed by atoms with van der Waals surface area (Å²) in [4.78, 5) is 7.54. The minimum atomic E-state index is -2.94. The molecule has 3 atom stereocenters. The van der Waals surface area contributed by atoms with E-state index < -0.39 is 9.84 Å². The molecule has 1 aromatic rings. The Hall–Kier alpha value is -0.880. The first-order chi connectivity index (χ1) is 9.52. The fourth-order valence-corrected chi connectivity index (χ4v) is 4.30. The number of nitrogens with one attached hydrogen (secondary N) is 2. The van der Waals surface area contributed by atoms with Gasteiger partial charge in [0.2, 0.25) is 0 Å². The molecule has 2 N–H and O–H groups in total. The predicted molar refractivity (Wildman–Crippen MR) is 80.2 cm³/mol. The lowest BCUT2D eigenvalue weighted by atomic mass is 9.83. The fraction of sp³-hybridized carbons (Fsp3) is 0.786. The van der Waals surface area contributed by atoms with Gasteiger partial charge in [0.25, 0.3) is 0 Å². The Morgan fingerprint density at radius 1 is 1.50 bits per heavy atom. The van der Waals surface area contributed by atoms with Crippen molar-refractivity contribution in [3.05, 3.63) is 18.2 Å². The molecule has 6 heteroatoms. The molecule has 0 aliphatic heterocycles. The van der Waals surface area contributed by atoms with Crippen molar-refractivity contribution in [1.82, 2.24) is 15.3 Å². The second-order valence-corrected chi connectivity index (χ2v) is 8.11. The van der Waals surface area contributed by atoms with Crippen LogP contribution in [0.3, 0.4) is 0 Å². The Labute approximate surface area is 121 Å². The fourth-order valence-electron chi connectivity index (χ4n) is 3.11. The standard InChI is InChI=1S/C14H25N3O2S/c1-3-7-15-13(14-16-8-9-17-14)11-5-4-6-12(10-11)20(2,18)19/h8-9,11-13,15H,3-7,10H2,1-2H3,(H,16,17). The summed E-state index contributed by atoms with van der Waals surface area (Å²) in [5.74, 6) is 1.26. The van der Waals surface area contributed by atoms with Crippen LogP contribution < -0.4 is 5.32 Å². The summed E-state index contributed by atoms with van der Waals surface area (Å²) in [7, 11) is -2.94. The number of aromatic amines is 1. The molecule has 1 aliphatic rings. The van der Waals surface area contributed by atoms with Crippen LogP contribution >= 0.6 is 0 Å². The minimum Gasteiger partial charge on any atom is -0.347 e. The number of rotatable bonds is 6. The van der Waals surface area contributed by atoms with Crippen LogP contribution in [0, 0.1) is 5.92 Å². The Balaban J connectivity index is 2.12. The first-order valence-corrected chi connectivity index (χ1v) is 9.39. The number of nitrogens with zero attached hydrogens (tertiary/aromatic N) is 1. The molecule has 0 amide bonds. The molecule has 5 nitrogen and oxygen atoms in total. The van der Waals surface area contributed by atoms with Gasteiger partial charge in [-0.2, -0.15) is 0 Å². The predicted octanol–water partition coefficient (Wildman–Crippen LogP) is 2.05. The van der Waals surface area contributed by atoms with E-state index in [9.17, 15) is 8.42 Å². The third-order valence-electron chi connectivity index (χ3n) is 4.17. The molecular formula is C14H25N3O2S. The van der Waals surface area contributed by atoms with Crippen molar-refractivity contribution in [1.29, 1.82) is 0 Å². The van der Waals surface area contributed by atoms with Crippen molar-refractivity contribution in [3.63, 3.8) is 0 Å². The van der Waals surface area contributed by atoms with E-state index in [0.29, 0.717) is 5.92 Å². The number of aromatic nitrogens is 2. The Morgan fingerprint density at radius 3 is 2.90 bits per heavy atom. The lowest BCUT2D eigenvalue weighted by Crippen LogP contribution is -2.36. The third-order valence-corrected chi connectivity index (χ3v) is 5.81. The Morgan fingerprint density at radius 2 is 2.30 bits per heavy atom. The number of hydrogen-bond acceptors (Lipinski definition) is 4. The van der Waals surface area contributed by atoms with Gasteiger partial charge in [0.1, 0.15) is 15.7 Å².